The van der Waals surface area contributed by atoms with E-state index in [1.165, 1.54) is 0 Å². The van der Waals surface area contributed by atoms with Gasteiger partial charge in [0.1, 0.15) is 5.75 Å². The molecule has 0 bridgehead atoms. The molecule has 0 saturated carbocycles. The summed E-state index contributed by atoms with van der Waals surface area (Å²) >= 11 is 0. The molecule has 1 fully saturated rings. The first-order valence-corrected chi connectivity index (χ1v) is 6.84. The molecule has 104 valence electrons. The van der Waals surface area contributed by atoms with E-state index in [4.69, 9.17) is 0 Å². The van der Waals surface area contributed by atoms with Gasteiger partial charge in [0, 0.05) is 13.6 Å². The number of carbonyl (C=O) groups is 1. The number of benzene rings is 1. The van der Waals surface area contributed by atoms with Crippen LogP contribution in [0.15, 0.2) is 18.2 Å². The molecule has 1 aromatic rings. The van der Waals surface area contributed by atoms with E-state index in [0.717, 1.165) is 38.0 Å². The van der Waals surface area contributed by atoms with Crippen LogP contribution in [0.5, 0.6) is 5.75 Å². The Hall–Kier alpha value is -1.55. The van der Waals surface area contributed by atoms with Crippen LogP contribution in [0.25, 0.3) is 0 Å². The first-order chi connectivity index (χ1) is 9.09. The number of nitrogens with zero attached hydrogens (tertiary/aromatic N) is 1. The smallest absolute Gasteiger partial charge is 0.257 e. The highest BCUT2D eigenvalue weighted by Crippen LogP contribution is 2.23. The first-order valence-electron chi connectivity index (χ1n) is 6.84. The number of carbonyl (C=O) groups excluding carboxylic acids is 1. The lowest BCUT2D eigenvalue weighted by molar-refractivity contribution is 0.0759. The highest BCUT2D eigenvalue weighted by molar-refractivity contribution is 5.97. The minimum atomic E-state index is -0.0975. The van der Waals surface area contributed by atoms with E-state index in [1.807, 2.05) is 7.05 Å². The molecular formula is C15H22N2O2. The molecule has 2 rings (SSSR count). The SMILES string of the molecule is Cc1cccc(C(=O)N(C)CC2CCNCC2)c1O. The molecule has 1 amide bonds. The molecule has 4 heteroatoms. The fourth-order valence-corrected chi connectivity index (χ4v) is 2.57. The zero-order valence-electron chi connectivity index (χ0n) is 11.6. The number of piperidine rings is 1. The van der Waals surface area contributed by atoms with Gasteiger partial charge in [-0.25, -0.2) is 0 Å². The van der Waals surface area contributed by atoms with Gasteiger partial charge in [0.15, 0.2) is 0 Å². The summed E-state index contributed by atoms with van der Waals surface area (Å²) in [4.78, 5) is 14.1. The summed E-state index contributed by atoms with van der Waals surface area (Å²) in [6, 6.07) is 5.29. The van der Waals surface area contributed by atoms with Crippen molar-refractivity contribution in [1.29, 1.82) is 0 Å². The molecule has 2 N–H and O–H groups in total. The van der Waals surface area contributed by atoms with Crippen LogP contribution in [-0.4, -0.2) is 42.6 Å². The zero-order chi connectivity index (χ0) is 13.8. The number of phenolic OH excluding ortho intramolecular Hbond substituents is 1. The Morgan fingerprint density at radius 2 is 2.11 bits per heavy atom. The average Bonchev–Trinajstić information content (AvgIpc) is 2.42. The molecule has 0 unspecified atom stereocenters. The van der Waals surface area contributed by atoms with Crippen molar-refractivity contribution in [3.05, 3.63) is 29.3 Å². The van der Waals surface area contributed by atoms with E-state index in [9.17, 15) is 9.90 Å². The summed E-state index contributed by atoms with van der Waals surface area (Å²) in [5.41, 5.74) is 1.14. The van der Waals surface area contributed by atoms with E-state index in [-0.39, 0.29) is 11.7 Å². The highest BCUT2D eigenvalue weighted by atomic mass is 16.3. The van der Waals surface area contributed by atoms with Crippen molar-refractivity contribution in [2.75, 3.05) is 26.7 Å². The van der Waals surface area contributed by atoms with Gasteiger partial charge < -0.3 is 15.3 Å². The Morgan fingerprint density at radius 1 is 1.42 bits per heavy atom. The van der Waals surface area contributed by atoms with E-state index in [2.05, 4.69) is 5.32 Å². The molecule has 19 heavy (non-hydrogen) atoms. The quantitative estimate of drug-likeness (QED) is 0.873. The third kappa shape index (κ3) is 3.26. The standard InChI is InChI=1S/C15H22N2O2/c1-11-4-3-5-13(14(11)18)15(19)17(2)10-12-6-8-16-9-7-12/h3-5,12,16,18H,6-10H2,1-2H3. The van der Waals surface area contributed by atoms with Crippen LogP contribution < -0.4 is 5.32 Å². The predicted molar refractivity (Wildman–Crippen MR) is 75.4 cm³/mol. The summed E-state index contributed by atoms with van der Waals surface area (Å²) in [7, 11) is 1.81. The van der Waals surface area contributed by atoms with E-state index in [1.54, 1.807) is 30.0 Å². The lowest BCUT2D eigenvalue weighted by atomic mass is 9.97. The second-order valence-corrected chi connectivity index (χ2v) is 5.35. The molecule has 0 aromatic heterocycles. The molecule has 0 spiro atoms. The fraction of sp³-hybridized carbons (Fsp3) is 0.533. The fourth-order valence-electron chi connectivity index (χ4n) is 2.57. The lowest BCUT2D eigenvalue weighted by Crippen LogP contribution is -2.37. The normalized spacial score (nSPS) is 16.3. The summed E-state index contributed by atoms with van der Waals surface area (Å²) in [6.07, 6.45) is 2.22. The summed E-state index contributed by atoms with van der Waals surface area (Å²) in [5.74, 6) is 0.562. The summed E-state index contributed by atoms with van der Waals surface area (Å²) in [6.45, 7) is 4.62. The molecule has 0 radical (unpaired) electrons. The molecule has 1 aliphatic heterocycles. The van der Waals surface area contributed by atoms with Crippen molar-refractivity contribution < 1.29 is 9.90 Å². The van der Waals surface area contributed by atoms with Crippen molar-refractivity contribution in [2.45, 2.75) is 19.8 Å². The molecule has 1 saturated heterocycles. The van der Waals surface area contributed by atoms with Crippen molar-refractivity contribution in [3.63, 3.8) is 0 Å². The molecule has 1 heterocycles. The zero-order valence-corrected chi connectivity index (χ0v) is 11.6. The third-order valence-electron chi connectivity index (χ3n) is 3.81. The first kappa shape index (κ1) is 13.9. The Balaban J connectivity index is 2.03. The Morgan fingerprint density at radius 3 is 2.79 bits per heavy atom. The topological polar surface area (TPSA) is 52.6 Å². The van der Waals surface area contributed by atoms with E-state index < -0.39 is 0 Å². The largest absolute Gasteiger partial charge is 0.507 e. The van der Waals surface area contributed by atoms with Crippen LogP contribution in [0.3, 0.4) is 0 Å². The molecule has 0 aliphatic carbocycles. The minimum absolute atomic E-state index is 0.0975. The number of phenols is 1. The van der Waals surface area contributed by atoms with Gasteiger partial charge in [0.2, 0.25) is 0 Å². The molecule has 0 atom stereocenters. The number of aryl methyl sites for hydroxylation is 1. The van der Waals surface area contributed by atoms with Gasteiger partial charge in [-0.1, -0.05) is 12.1 Å². The monoisotopic (exact) mass is 262 g/mol. The van der Waals surface area contributed by atoms with Gasteiger partial charge in [0.05, 0.1) is 5.56 Å². The van der Waals surface area contributed by atoms with E-state index in [0.29, 0.717) is 11.5 Å². The molecular weight excluding hydrogens is 240 g/mol. The maximum absolute atomic E-state index is 12.3. The Kier molecular flexibility index (Phi) is 4.43. The lowest BCUT2D eigenvalue weighted by Gasteiger charge is -2.27. The van der Waals surface area contributed by atoms with Crippen LogP contribution in [0, 0.1) is 12.8 Å². The van der Waals surface area contributed by atoms with Crippen LogP contribution in [0.1, 0.15) is 28.8 Å². The summed E-state index contributed by atoms with van der Waals surface area (Å²) in [5, 5.41) is 13.3. The van der Waals surface area contributed by atoms with Crippen LogP contribution in [-0.2, 0) is 0 Å². The van der Waals surface area contributed by atoms with Crippen LogP contribution >= 0.6 is 0 Å². The van der Waals surface area contributed by atoms with Crippen LogP contribution in [0.2, 0.25) is 0 Å². The van der Waals surface area contributed by atoms with Crippen molar-refractivity contribution >= 4 is 5.91 Å². The van der Waals surface area contributed by atoms with E-state index >= 15 is 0 Å². The van der Waals surface area contributed by atoms with Crippen molar-refractivity contribution in [2.24, 2.45) is 5.92 Å². The number of hydrogen-bond donors (Lipinski definition) is 2. The maximum atomic E-state index is 12.3. The minimum Gasteiger partial charge on any atom is -0.507 e. The number of amides is 1. The van der Waals surface area contributed by atoms with Crippen LogP contribution in [0.4, 0.5) is 0 Å². The number of aromatic hydroxyl groups is 1. The highest BCUT2D eigenvalue weighted by Gasteiger charge is 2.21. The molecule has 4 nitrogen and oxygen atoms in total. The second kappa shape index (κ2) is 6.06. The van der Waals surface area contributed by atoms with Gasteiger partial charge in [-0.2, -0.15) is 0 Å². The van der Waals surface area contributed by atoms with Gasteiger partial charge in [-0.15, -0.1) is 0 Å². The second-order valence-electron chi connectivity index (χ2n) is 5.35. The number of para-hydroxylation sites is 1. The predicted octanol–water partition coefficient (Wildman–Crippen LogP) is 1.77. The van der Waals surface area contributed by atoms with Gasteiger partial charge in [-0.05, 0) is 50.4 Å². The maximum Gasteiger partial charge on any atom is 0.257 e. The Labute approximate surface area is 114 Å². The number of nitrogens with one attached hydrogen (secondary N) is 1. The average molecular weight is 262 g/mol. The number of hydrogen-bond acceptors (Lipinski definition) is 3. The molecule has 1 aromatic carbocycles. The number of rotatable bonds is 3. The van der Waals surface area contributed by atoms with Gasteiger partial charge in [0.25, 0.3) is 5.91 Å². The van der Waals surface area contributed by atoms with Gasteiger partial charge in [-0.3, -0.25) is 4.79 Å². The molecule has 1 aliphatic rings. The van der Waals surface area contributed by atoms with Crippen molar-refractivity contribution in [3.8, 4) is 5.75 Å². The van der Waals surface area contributed by atoms with Crippen molar-refractivity contribution in [1.82, 2.24) is 10.2 Å². The Bertz CT molecular complexity index is 453. The summed E-state index contributed by atoms with van der Waals surface area (Å²) < 4.78 is 0. The van der Waals surface area contributed by atoms with Gasteiger partial charge >= 0.3 is 0 Å². The third-order valence-corrected chi connectivity index (χ3v) is 3.81.